The van der Waals surface area contributed by atoms with Gasteiger partial charge < -0.3 is 4.42 Å². The Morgan fingerprint density at radius 1 is 1.54 bits per heavy atom. The Morgan fingerprint density at radius 2 is 2.29 bits per heavy atom. The van der Waals surface area contributed by atoms with Crippen molar-refractivity contribution in [1.82, 2.24) is 9.97 Å². The molecule has 8 heteroatoms. The smallest absolute Gasteiger partial charge is 0.229 e. The maximum absolute atomic E-state index is 14.1. The summed E-state index contributed by atoms with van der Waals surface area (Å²) in [6, 6.07) is 1.56. The Bertz CT molecular complexity index is 794. The molecule has 1 aliphatic rings. The fraction of sp³-hybridized carbons (Fsp3) is 0.500. The van der Waals surface area contributed by atoms with E-state index in [1.165, 1.54) is 0 Å². The van der Waals surface area contributed by atoms with E-state index in [1.807, 2.05) is 13.8 Å². The Kier molecular flexibility index (Phi) is 4.90. The van der Waals surface area contributed by atoms with Crippen LogP contribution in [0.2, 0.25) is 0 Å². The van der Waals surface area contributed by atoms with Gasteiger partial charge in [0.25, 0.3) is 0 Å². The van der Waals surface area contributed by atoms with Crippen molar-refractivity contribution in [2.45, 2.75) is 50.2 Å². The molecule has 0 amide bonds. The van der Waals surface area contributed by atoms with E-state index < -0.39 is 21.5 Å². The number of fused-ring (bicyclic) bond motifs is 1. The normalized spacial score (nSPS) is 19.1. The van der Waals surface area contributed by atoms with Crippen LogP contribution in [0.15, 0.2) is 21.3 Å². The zero-order valence-corrected chi connectivity index (χ0v) is 15.9. The average Bonchev–Trinajstić information content (AvgIpc) is 2.94. The number of halogens is 2. The van der Waals surface area contributed by atoms with Crippen LogP contribution in [0.4, 0.5) is 4.39 Å². The van der Waals surface area contributed by atoms with E-state index in [2.05, 4.69) is 25.9 Å². The van der Waals surface area contributed by atoms with Gasteiger partial charge in [-0.05, 0) is 61.5 Å². The van der Waals surface area contributed by atoms with Crippen molar-refractivity contribution in [3.8, 4) is 11.5 Å². The first-order valence-corrected chi connectivity index (χ1v) is 9.76. The van der Waals surface area contributed by atoms with Crippen molar-refractivity contribution in [1.29, 1.82) is 0 Å². The van der Waals surface area contributed by atoms with Crippen molar-refractivity contribution >= 4 is 26.9 Å². The van der Waals surface area contributed by atoms with Crippen LogP contribution >= 0.6 is 15.9 Å². The Balaban J connectivity index is 1.96. The molecule has 2 heterocycles. The van der Waals surface area contributed by atoms with Gasteiger partial charge in [0.15, 0.2) is 5.82 Å². The molecule has 24 heavy (non-hydrogen) atoms. The van der Waals surface area contributed by atoms with Crippen molar-refractivity contribution < 1.29 is 13.0 Å². The molecule has 2 N–H and O–H groups in total. The molecule has 0 spiro atoms. The SMILES string of the molecule is CC(C)(C[C@@H]1CCCc2nc(-c3cc(Br)ncc3F)oc21)S(N)=O. The third kappa shape index (κ3) is 3.45. The number of pyridine rings is 1. The van der Waals surface area contributed by atoms with E-state index in [0.29, 0.717) is 11.0 Å². The molecule has 0 radical (unpaired) electrons. The molecule has 0 aliphatic heterocycles. The first kappa shape index (κ1) is 17.7. The van der Waals surface area contributed by atoms with Crippen LogP contribution in [0, 0.1) is 5.82 Å². The van der Waals surface area contributed by atoms with Crippen LogP contribution in [0.1, 0.15) is 50.5 Å². The van der Waals surface area contributed by atoms with E-state index in [1.54, 1.807) is 6.07 Å². The first-order chi connectivity index (χ1) is 11.3. The second kappa shape index (κ2) is 6.65. The summed E-state index contributed by atoms with van der Waals surface area (Å²) >= 11 is 3.24. The number of hydrogen-bond acceptors (Lipinski definition) is 4. The summed E-state index contributed by atoms with van der Waals surface area (Å²) in [5.74, 6) is 0.642. The molecule has 0 saturated heterocycles. The van der Waals surface area contributed by atoms with Gasteiger partial charge in [0.2, 0.25) is 5.89 Å². The third-order valence-corrected chi connectivity index (χ3v) is 6.09. The molecule has 130 valence electrons. The zero-order chi connectivity index (χ0) is 17.5. The summed E-state index contributed by atoms with van der Waals surface area (Å²) in [6.45, 7) is 3.77. The predicted octanol–water partition coefficient (Wildman–Crippen LogP) is 3.85. The van der Waals surface area contributed by atoms with Crippen LogP contribution in [-0.4, -0.2) is 18.9 Å². The monoisotopic (exact) mass is 415 g/mol. The Labute approximate surface area is 151 Å². The Morgan fingerprint density at radius 3 is 3.00 bits per heavy atom. The quantitative estimate of drug-likeness (QED) is 0.768. The maximum Gasteiger partial charge on any atom is 0.229 e. The molecule has 1 unspecified atom stereocenters. The predicted molar refractivity (Wildman–Crippen MR) is 94.1 cm³/mol. The highest BCUT2D eigenvalue weighted by Gasteiger charge is 2.34. The lowest BCUT2D eigenvalue weighted by Gasteiger charge is -2.28. The van der Waals surface area contributed by atoms with E-state index >= 15 is 0 Å². The third-order valence-electron chi connectivity index (χ3n) is 4.40. The van der Waals surface area contributed by atoms with E-state index in [9.17, 15) is 8.60 Å². The molecule has 2 aromatic rings. The molecule has 1 aliphatic carbocycles. The largest absolute Gasteiger partial charge is 0.440 e. The fourth-order valence-electron chi connectivity index (χ4n) is 3.07. The number of aryl methyl sites for hydroxylation is 1. The van der Waals surface area contributed by atoms with Crippen LogP contribution in [0.5, 0.6) is 0 Å². The highest BCUT2D eigenvalue weighted by Crippen LogP contribution is 2.40. The molecule has 3 rings (SSSR count). The second-order valence-electron chi connectivity index (χ2n) is 6.67. The second-order valence-corrected chi connectivity index (χ2v) is 9.18. The molecule has 2 aromatic heterocycles. The topological polar surface area (TPSA) is 82.0 Å². The number of hydrogen-bond donors (Lipinski definition) is 1. The van der Waals surface area contributed by atoms with Gasteiger partial charge >= 0.3 is 0 Å². The van der Waals surface area contributed by atoms with Crippen molar-refractivity contribution in [3.05, 3.63) is 34.1 Å². The fourth-order valence-corrected chi connectivity index (χ4v) is 3.77. The summed E-state index contributed by atoms with van der Waals surface area (Å²) in [5.41, 5.74) is 1.14. The highest BCUT2D eigenvalue weighted by atomic mass is 79.9. The average molecular weight is 416 g/mol. The van der Waals surface area contributed by atoms with Crippen molar-refractivity contribution in [2.24, 2.45) is 5.14 Å². The van der Waals surface area contributed by atoms with Crippen molar-refractivity contribution in [2.75, 3.05) is 0 Å². The van der Waals surface area contributed by atoms with Gasteiger partial charge in [0, 0.05) is 5.92 Å². The molecular weight excluding hydrogens is 397 g/mol. The molecule has 0 fully saturated rings. The van der Waals surface area contributed by atoms with Gasteiger partial charge in [-0.1, -0.05) is 0 Å². The summed E-state index contributed by atoms with van der Waals surface area (Å²) in [7, 11) is -1.43. The summed E-state index contributed by atoms with van der Waals surface area (Å²) in [4.78, 5) is 8.34. The molecule has 0 aromatic carbocycles. The maximum atomic E-state index is 14.1. The first-order valence-electron chi connectivity index (χ1n) is 7.75. The van der Waals surface area contributed by atoms with Crippen molar-refractivity contribution in [3.63, 3.8) is 0 Å². The molecule has 2 atom stereocenters. The van der Waals surface area contributed by atoms with E-state index in [-0.39, 0.29) is 17.4 Å². The summed E-state index contributed by atoms with van der Waals surface area (Å²) in [6.07, 6.45) is 4.47. The lowest BCUT2D eigenvalue weighted by atomic mass is 9.84. The van der Waals surface area contributed by atoms with Crippen LogP contribution in [0.25, 0.3) is 11.5 Å². The minimum absolute atomic E-state index is 0.0887. The molecule has 0 saturated carbocycles. The highest BCUT2D eigenvalue weighted by molar-refractivity contribution is 9.10. The standard InChI is InChI=1S/C16H19BrFN3O2S/c1-16(2,24(19)22)7-9-4-3-5-12-14(9)23-15(21-12)10-6-13(17)20-8-11(10)18/h6,8-9H,3-5,7,19H2,1-2H3/t9-,24?/m0/s1. The van der Waals surface area contributed by atoms with Gasteiger partial charge in [-0.25, -0.2) is 18.6 Å². The van der Waals surface area contributed by atoms with Gasteiger partial charge in [-0.3, -0.25) is 5.14 Å². The van der Waals surface area contributed by atoms with Crippen LogP contribution in [-0.2, 0) is 17.4 Å². The van der Waals surface area contributed by atoms with Crippen LogP contribution < -0.4 is 5.14 Å². The van der Waals surface area contributed by atoms with Gasteiger partial charge in [-0.2, -0.15) is 0 Å². The lowest BCUT2D eigenvalue weighted by Crippen LogP contribution is -2.34. The molecule has 0 bridgehead atoms. The zero-order valence-electron chi connectivity index (χ0n) is 13.5. The van der Waals surface area contributed by atoms with E-state index in [4.69, 9.17) is 9.56 Å². The molecule has 5 nitrogen and oxygen atoms in total. The van der Waals surface area contributed by atoms with E-state index in [0.717, 1.165) is 36.9 Å². The minimum atomic E-state index is -1.43. The lowest BCUT2D eigenvalue weighted by molar-refractivity contribution is 0.382. The van der Waals surface area contributed by atoms with Gasteiger partial charge in [0.1, 0.15) is 10.4 Å². The number of aromatic nitrogens is 2. The number of nitrogens with zero attached hydrogens (tertiary/aromatic N) is 2. The molecular formula is C16H19BrFN3O2S. The summed E-state index contributed by atoms with van der Waals surface area (Å²) in [5, 5.41) is 5.60. The number of rotatable bonds is 4. The Hall–Kier alpha value is -1.12. The van der Waals surface area contributed by atoms with Gasteiger partial charge in [0.05, 0.1) is 33.2 Å². The van der Waals surface area contributed by atoms with Crippen LogP contribution in [0.3, 0.4) is 0 Å². The minimum Gasteiger partial charge on any atom is -0.440 e. The summed E-state index contributed by atoms with van der Waals surface area (Å²) < 4.78 is 31.7. The number of oxazole rings is 1. The van der Waals surface area contributed by atoms with Gasteiger partial charge in [-0.15, -0.1) is 0 Å². The number of nitrogens with two attached hydrogens (primary N) is 1.